The van der Waals surface area contributed by atoms with Crippen LogP contribution < -0.4 is 0 Å². The van der Waals surface area contributed by atoms with E-state index in [1.54, 1.807) is 6.07 Å². The lowest BCUT2D eigenvalue weighted by Gasteiger charge is -2.10. The molecular weight excluding hydrogens is 236 g/mol. The third-order valence-electron chi connectivity index (χ3n) is 3.28. The minimum absolute atomic E-state index is 0.151. The van der Waals surface area contributed by atoms with Crippen LogP contribution in [0.5, 0.6) is 11.5 Å². The van der Waals surface area contributed by atoms with E-state index in [-0.39, 0.29) is 11.5 Å². The summed E-state index contributed by atoms with van der Waals surface area (Å²) in [5, 5.41) is 21.8. The third kappa shape index (κ3) is 2.02. The van der Waals surface area contributed by atoms with Crippen LogP contribution >= 0.6 is 0 Å². The van der Waals surface area contributed by atoms with E-state index in [0.29, 0.717) is 5.56 Å². The maximum Gasteiger partial charge on any atom is 0.123 e. The number of aryl methyl sites for hydroxylation is 1. The Morgan fingerprint density at radius 2 is 1.58 bits per heavy atom. The Kier molecular flexibility index (Phi) is 2.64. The van der Waals surface area contributed by atoms with Gasteiger partial charge in [0.1, 0.15) is 11.5 Å². The molecule has 0 heterocycles. The van der Waals surface area contributed by atoms with Gasteiger partial charge < -0.3 is 10.2 Å². The lowest BCUT2D eigenvalue weighted by molar-refractivity contribution is 0.462. The molecule has 19 heavy (non-hydrogen) atoms. The number of phenols is 2. The molecule has 94 valence electrons. The maximum absolute atomic E-state index is 10.0. The molecule has 2 heteroatoms. The van der Waals surface area contributed by atoms with Gasteiger partial charge in [-0.05, 0) is 47.0 Å². The summed E-state index contributed by atoms with van der Waals surface area (Å²) >= 11 is 0. The smallest absolute Gasteiger partial charge is 0.123 e. The number of phenolic OH excluding ortho intramolecular Hbond substituents is 2. The van der Waals surface area contributed by atoms with Crippen molar-refractivity contribution in [2.24, 2.45) is 0 Å². The molecule has 0 saturated heterocycles. The van der Waals surface area contributed by atoms with Crippen LogP contribution in [0.3, 0.4) is 0 Å². The molecule has 0 radical (unpaired) electrons. The normalized spacial score (nSPS) is 10.8. The minimum Gasteiger partial charge on any atom is -0.508 e. The number of aromatic hydroxyl groups is 2. The standard InChI is InChI=1S/C17H14O2/c1-11-8-12-4-2-3-5-14(12)15(9-11)16-10-13(18)6-7-17(16)19/h2-10,18-19H,1H3. The Bertz CT molecular complexity index is 760. The van der Waals surface area contributed by atoms with Gasteiger partial charge in [-0.1, -0.05) is 36.4 Å². The summed E-state index contributed by atoms with van der Waals surface area (Å²) in [6.45, 7) is 2.02. The molecule has 0 amide bonds. The summed E-state index contributed by atoms with van der Waals surface area (Å²) in [6.07, 6.45) is 0. The van der Waals surface area contributed by atoms with Gasteiger partial charge in [-0.3, -0.25) is 0 Å². The predicted octanol–water partition coefficient (Wildman–Crippen LogP) is 4.23. The van der Waals surface area contributed by atoms with Crippen LogP contribution in [0.2, 0.25) is 0 Å². The van der Waals surface area contributed by atoms with Crippen LogP contribution in [0, 0.1) is 6.92 Å². The van der Waals surface area contributed by atoms with E-state index in [0.717, 1.165) is 21.9 Å². The van der Waals surface area contributed by atoms with E-state index in [1.165, 1.54) is 12.1 Å². The predicted molar refractivity (Wildman–Crippen MR) is 77.5 cm³/mol. The van der Waals surface area contributed by atoms with Gasteiger partial charge >= 0.3 is 0 Å². The summed E-state index contributed by atoms with van der Waals surface area (Å²) in [5.74, 6) is 0.326. The second-order valence-electron chi connectivity index (χ2n) is 4.74. The molecular formula is C17H14O2. The molecule has 2 nitrogen and oxygen atoms in total. The summed E-state index contributed by atoms with van der Waals surface area (Å²) in [7, 11) is 0. The Labute approximate surface area is 111 Å². The first-order chi connectivity index (χ1) is 9.15. The van der Waals surface area contributed by atoms with E-state index in [1.807, 2.05) is 37.3 Å². The Balaban J connectivity index is 2.38. The first kappa shape index (κ1) is 11.6. The maximum atomic E-state index is 10.0. The molecule has 0 bridgehead atoms. The van der Waals surface area contributed by atoms with E-state index in [9.17, 15) is 10.2 Å². The zero-order valence-corrected chi connectivity index (χ0v) is 10.6. The number of hydrogen-bond donors (Lipinski definition) is 2. The van der Waals surface area contributed by atoms with Crippen LogP contribution in [0.4, 0.5) is 0 Å². The van der Waals surface area contributed by atoms with Crippen molar-refractivity contribution in [2.45, 2.75) is 6.92 Å². The number of hydrogen-bond acceptors (Lipinski definition) is 2. The van der Waals surface area contributed by atoms with Crippen molar-refractivity contribution in [3.8, 4) is 22.6 Å². The van der Waals surface area contributed by atoms with E-state index in [2.05, 4.69) is 6.07 Å². The average molecular weight is 250 g/mol. The Morgan fingerprint density at radius 1 is 0.789 bits per heavy atom. The van der Waals surface area contributed by atoms with Crippen LogP contribution in [0.1, 0.15) is 5.56 Å². The van der Waals surface area contributed by atoms with Crippen molar-refractivity contribution < 1.29 is 10.2 Å². The highest BCUT2D eigenvalue weighted by molar-refractivity contribution is 5.98. The quantitative estimate of drug-likeness (QED) is 0.634. The van der Waals surface area contributed by atoms with Gasteiger partial charge in [0.2, 0.25) is 0 Å². The molecule has 3 aromatic rings. The lowest BCUT2D eigenvalue weighted by atomic mass is 9.95. The summed E-state index contributed by atoms with van der Waals surface area (Å²) in [4.78, 5) is 0. The van der Waals surface area contributed by atoms with Crippen LogP contribution in [-0.4, -0.2) is 10.2 Å². The van der Waals surface area contributed by atoms with Gasteiger partial charge in [-0.25, -0.2) is 0 Å². The molecule has 0 saturated carbocycles. The van der Waals surface area contributed by atoms with Crippen molar-refractivity contribution >= 4 is 10.8 Å². The molecule has 0 aliphatic carbocycles. The zero-order valence-electron chi connectivity index (χ0n) is 10.6. The number of rotatable bonds is 1. The van der Waals surface area contributed by atoms with Gasteiger partial charge in [-0.15, -0.1) is 0 Å². The second kappa shape index (κ2) is 4.32. The highest BCUT2D eigenvalue weighted by Crippen LogP contribution is 2.37. The Morgan fingerprint density at radius 3 is 2.42 bits per heavy atom. The molecule has 3 aromatic carbocycles. The van der Waals surface area contributed by atoms with Gasteiger partial charge in [-0.2, -0.15) is 0 Å². The van der Waals surface area contributed by atoms with Gasteiger partial charge in [0.25, 0.3) is 0 Å². The molecule has 0 spiro atoms. The second-order valence-corrected chi connectivity index (χ2v) is 4.74. The highest BCUT2D eigenvalue weighted by Gasteiger charge is 2.09. The van der Waals surface area contributed by atoms with Crippen LogP contribution in [-0.2, 0) is 0 Å². The van der Waals surface area contributed by atoms with Gasteiger partial charge in [0, 0.05) is 5.56 Å². The summed E-state index contributed by atoms with van der Waals surface area (Å²) < 4.78 is 0. The lowest BCUT2D eigenvalue weighted by Crippen LogP contribution is -1.85. The molecule has 0 unspecified atom stereocenters. The SMILES string of the molecule is Cc1cc(-c2cc(O)ccc2O)c2ccccc2c1. The summed E-state index contributed by atoms with van der Waals surface area (Å²) in [6, 6.07) is 16.8. The van der Waals surface area contributed by atoms with Crippen molar-refractivity contribution in [3.05, 3.63) is 60.2 Å². The molecule has 0 aliphatic rings. The van der Waals surface area contributed by atoms with E-state index >= 15 is 0 Å². The minimum atomic E-state index is 0.151. The molecule has 0 fully saturated rings. The topological polar surface area (TPSA) is 40.5 Å². The molecule has 0 atom stereocenters. The fourth-order valence-corrected chi connectivity index (χ4v) is 2.42. The first-order valence-corrected chi connectivity index (χ1v) is 6.17. The zero-order chi connectivity index (χ0) is 13.4. The molecule has 0 aromatic heterocycles. The largest absolute Gasteiger partial charge is 0.508 e. The first-order valence-electron chi connectivity index (χ1n) is 6.17. The Hall–Kier alpha value is -2.48. The highest BCUT2D eigenvalue weighted by atomic mass is 16.3. The van der Waals surface area contributed by atoms with Crippen LogP contribution in [0.25, 0.3) is 21.9 Å². The van der Waals surface area contributed by atoms with E-state index < -0.39 is 0 Å². The number of fused-ring (bicyclic) bond motifs is 1. The monoisotopic (exact) mass is 250 g/mol. The average Bonchev–Trinajstić information content (AvgIpc) is 2.40. The fourth-order valence-electron chi connectivity index (χ4n) is 2.42. The van der Waals surface area contributed by atoms with Crippen molar-refractivity contribution in [1.29, 1.82) is 0 Å². The third-order valence-corrected chi connectivity index (χ3v) is 3.28. The molecule has 0 aliphatic heterocycles. The number of benzene rings is 3. The molecule has 2 N–H and O–H groups in total. The van der Waals surface area contributed by atoms with Crippen molar-refractivity contribution in [3.63, 3.8) is 0 Å². The van der Waals surface area contributed by atoms with Crippen molar-refractivity contribution in [2.75, 3.05) is 0 Å². The van der Waals surface area contributed by atoms with Gasteiger partial charge in [0.05, 0.1) is 0 Å². The fraction of sp³-hybridized carbons (Fsp3) is 0.0588. The van der Waals surface area contributed by atoms with Crippen molar-refractivity contribution in [1.82, 2.24) is 0 Å². The van der Waals surface area contributed by atoms with Crippen LogP contribution in [0.15, 0.2) is 54.6 Å². The summed E-state index contributed by atoms with van der Waals surface area (Å²) in [5.41, 5.74) is 2.71. The molecule has 3 rings (SSSR count). The van der Waals surface area contributed by atoms with Gasteiger partial charge in [0.15, 0.2) is 0 Å². The van der Waals surface area contributed by atoms with E-state index in [4.69, 9.17) is 0 Å².